The average Bonchev–Trinajstić information content (AvgIpc) is 2.71. The Morgan fingerprint density at radius 3 is 2.57 bits per heavy atom. The second-order valence-corrected chi connectivity index (χ2v) is 4.73. The molecule has 0 aliphatic rings. The van der Waals surface area contributed by atoms with Crippen LogP contribution in [0.3, 0.4) is 0 Å². The molecule has 0 fully saturated rings. The summed E-state index contributed by atoms with van der Waals surface area (Å²) < 4.78 is 5.45. The van der Waals surface area contributed by atoms with E-state index in [2.05, 4.69) is 10.5 Å². The Balaban J connectivity index is 2.28. The molecule has 0 atom stereocenters. The van der Waals surface area contributed by atoms with Gasteiger partial charge < -0.3 is 20.7 Å². The van der Waals surface area contributed by atoms with Crippen LogP contribution in [0.15, 0.2) is 33.8 Å². The molecule has 0 radical (unpaired) electrons. The van der Waals surface area contributed by atoms with Crippen molar-refractivity contribution in [2.45, 2.75) is 20.8 Å². The Bertz CT molecular complexity index is 717. The minimum absolute atomic E-state index is 0.0161. The number of hydrogen-bond acceptors (Lipinski definition) is 4. The highest BCUT2D eigenvalue weighted by Crippen LogP contribution is 2.22. The van der Waals surface area contributed by atoms with Gasteiger partial charge in [-0.1, -0.05) is 17.3 Å². The third kappa shape index (κ3) is 2.89. The molecule has 0 bridgehead atoms. The zero-order valence-electron chi connectivity index (χ0n) is 12.1. The van der Waals surface area contributed by atoms with E-state index in [-0.39, 0.29) is 11.7 Å². The van der Waals surface area contributed by atoms with E-state index >= 15 is 0 Å². The average molecular weight is 287 g/mol. The van der Waals surface area contributed by atoms with Gasteiger partial charge in [-0.05, 0) is 32.9 Å². The molecule has 110 valence electrons. The van der Waals surface area contributed by atoms with Crippen LogP contribution in [0.1, 0.15) is 33.0 Å². The molecule has 0 saturated heterocycles. The first kappa shape index (κ1) is 14.6. The Labute approximate surface area is 122 Å². The van der Waals surface area contributed by atoms with E-state index in [1.807, 2.05) is 13.8 Å². The van der Waals surface area contributed by atoms with Gasteiger partial charge in [0.1, 0.15) is 11.5 Å². The number of furan rings is 1. The first-order valence-corrected chi connectivity index (χ1v) is 6.40. The molecule has 6 nitrogen and oxygen atoms in total. The van der Waals surface area contributed by atoms with Crippen molar-refractivity contribution in [3.05, 3.63) is 52.5 Å². The summed E-state index contributed by atoms with van der Waals surface area (Å²) >= 11 is 0. The molecular weight excluding hydrogens is 270 g/mol. The fraction of sp³-hybridized carbons (Fsp3) is 0.200. The second-order valence-electron chi connectivity index (χ2n) is 4.73. The lowest BCUT2D eigenvalue weighted by Crippen LogP contribution is -2.16. The van der Waals surface area contributed by atoms with Gasteiger partial charge in [0, 0.05) is 16.8 Å². The van der Waals surface area contributed by atoms with Crippen LogP contribution in [0.5, 0.6) is 0 Å². The number of hydrogen-bond donors (Lipinski definition) is 3. The maximum Gasteiger partial charge on any atom is 0.259 e. The quantitative estimate of drug-likeness (QED) is 0.349. The van der Waals surface area contributed by atoms with E-state index in [9.17, 15) is 4.79 Å². The Hall–Kier alpha value is -2.76. The lowest BCUT2D eigenvalue weighted by atomic mass is 10.1. The lowest BCUT2D eigenvalue weighted by molar-refractivity contribution is 0.102. The highest BCUT2D eigenvalue weighted by atomic mass is 16.4. The van der Waals surface area contributed by atoms with Crippen LogP contribution in [-0.2, 0) is 0 Å². The van der Waals surface area contributed by atoms with Gasteiger partial charge in [0.2, 0.25) is 0 Å². The summed E-state index contributed by atoms with van der Waals surface area (Å²) in [5.74, 6) is 1.04. The molecule has 0 aliphatic carbocycles. The topological polar surface area (TPSA) is 101 Å². The summed E-state index contributed by atoms with van der Waals surface area (Å²) in [5.41, 5.74) is 7.95. The molecule has 6 heteroatoms. The van der Waals surface area contributed by atoms with E-state index in [0.29, 0.717) is 22.6 Å². The van der Waals surface area contributed by atoms with Crippen LogP contribution in [0, 0.1) is 20.8 Å². The number of oxime groups is 1. The summed E-state index contributed by atoms with van der Waals surface area (Å²) in [5, 5.41) is 14.4. The number of aryl methyl sites for hydroxylation is 2. The Morgan fingerprint density at radius 1 is 1.29 bits per heavy atom. The predicted octanol–water partition coefficient (Wildman–Crippen LogP) is 2.55. The van der Waals surface area contributed by atoms with Gasteiger partial charge >= 0.3 is 0 Å². The number of rotatable bonds is 3. The summed E-state index contributed by atoms with van der Waals surface area (Å²) in [6, 6.07) is 6.75. The van der Waals surface area contributed by atoms with Crippen LogP contribution in [-0.4, -0.2) is 17.0 Å². The predicted molar refractivity (Wildman–Crippen MR) is 79.8 cm³/mol. The summed E-state index contributed by atoms with van der Waals surface area (Å²) in [7, 11) is 0. The van der Waals surface area contributed by atoms with Crippen LogP contribution < -0.4 is 11.1 Å². The SMILES string of the molecule is Cc1oc(C)c(C(=O)Nc2cccc(C(N)=NO)c2)c1C. The Morgan fingerprint density at radius 2 is 2.00 bits per heavy atom. The molecule has 1 heterocycles. The molecule has 2 rings (SSSR count). The van der Waals surface area contributed by atoms with E-state index in [0.717, 1.165) is 11.3 Å². The van der Waals surface area contributed by atoms with Crippen LogP contribution >= 0.6 is 0 Å². The lowest BCUT2D eigenvalue weighted by Gasteiger charge is -2.07. The van der Waals surface area contributed by atoms with E-state index in [4.69, 9.17) is 15.4 Å². The number of amidine groups is 1. The zero-order chi connectivity index (χ0) is 15.6. The Kier molecular flexibility index (Phi) is 3.98. The van der Waals surface area contributed by atoms with Crippen LogP contribution in [0.2, 0.25) is 0 Å². The molecule has 2 aromatic rings. The van der Waals surface area contributed by atoms with Gasteiger partial charge in [-0.15, -0.1) is 0 Å². The number of carbonyl (C=O) groups excluding carboxylic acids is 1. The molecular formula is C15H17N3O3. The fourth-order valence-electron chi connectivity index (χ4n) is 2.14. The fourth-order valence-corrected chi connectivity index (χ4v) is 2.14. The third-order valence-corrected chi connectivity index (χ3v) is 3.31. The minimum Gasteiger partial charge on any atom is -0.466 e. The monoisotopic (exact) mass is 287 g/mol. The van der Waals surface area contributed by atoms with E-state index < -0.39 is 0 Å². The minimum atomic E-state index is -0.251. The van der Waals surface area contributed by atoms with Crippen LogP contribution in [0.4, 0.5) is 5.69 Å². The van der Waals surface area contributed by atoms with E-state index in [1.165, 1.54) is 0 Å². The number of nitrogens with one attached hydrogen (secondary N) is 1. The number of nitrogens with zero attached hydrogens (tertiary/aromatic N) is 1. The normalized spacial score (nSPS) is 11.5. The van der Waals surface area contributed by atoms with Gasteiger partial charge in [-0.25, -0.2) is 0 Å². The van der Waals surface area contributed by atoms with Crippen molar-refractivity contribution < 1.29 is 14.4 Å². The number of benzene rings is 1. The number of nitrogens with two attached hydrogens (primary N) is 1. The second kappa shape index (κ2) is 5.70. The van der Waals surface area contributed by atoms with E-state index in [1.54, 1.807) is 31.2 Å². The number of anilines is 1. The van der Waals surface area contributed by atoms with Crippen molar-refractivity contribution in [2.24, 2.45) is 10.9 Å². The maximum absolute atomic E-state index is 12.3. The van der Waals surface area contributed by atoms with Crippen molar-refractivity contribution >= 4 is 17.4 Å². The van der Waals surface area contributed by atoms with Crippen molar-refractivity contribution in [3.8, 4) is 0 Å². The molecule has 0 aliphatic heterocycles. The van der Waals surface area contributed by atoms with Crippen LogP contribution in [0.25, 0.3) is 0 Å². The smallest absolute Gasteiger partial charge is 0.259 e. The summed E-state index contributed by atoms with van der Waals surface area (Å²) in [6.45, 7) is 5.41. The standard InChI is InChI=1S/C15H17N3O3/c1-8-9(2)21-10(3)13(8)15(19)17-12-6-4-5-11(7-12)14(16)18-20/h4-7,20H,1-3H3,(H2,16,18)(H,17,19). The molecule has 0 spiro atoms. The number of amides is 1. The molecule has 1 amide bonds. The maximum atomic E-state index is 12.3. The van der Waals surface area contributed by atoms with Gasteiger partial charge in [0.25, 0.3) is 5.91 Å². The largest absolute Gasteiger partial charge is 0.466 e. The first-order valence-electron chi connectivity index (χ1n) is 6.40. The molecule has 1 aromatic heterocycles. The molecule has 0 unspecified atom stereocenters. The summed E-state index contributed by atoms with van der Waals surface area (Å²) in [6.07, 6.45) is 0. The molecule has 4 N–H and O–H groups in total. The van der Waals surface area contributed by atoms with Crippen molar-refractivity contribution in [3.63, 3.8) is 0 Å². The molecule has 1 aromatic carbocycles. The van der Waals surface area contributed by atoms with Gasteiger partial charge in [-0.2, -0.15) is 0 Å². The van der Waals surface area contributed by atoms with Gasteiger partial charge in [0.05, 0.1) is 5.56 Å². The highest BCUT2D eigenvalue weighted by molar-refractivity contribution is 6.07. The first-order chi connectivity index (χ1) is 9.93. The third-order valence-electron chi connectivity index (χ3n) is 3.31. The van der Waals surface area contributed by atoms with Gasteiger partial charge in [0.15, 0.2) is 5.84 Å². The molecule has 0 saturated carbocycles. The summed E-state index contributed by atoms with van der Waals surface area (Å²) in [4.78, 5) is 12.3. The number of carbonyl (C=O) groups is 1. The van der Waals surface area contributed by atoms with Gasteiger partial charge in [-0.3, -0.25) is 4.79 Å². The van der Waals surface area contributed by atoms with Crippen molar-refractivity contribution in [1.82, 2.24) is 0 Å². The highest BCUT2D eigenvalue weighted by Gasteiger charge is 2.18. The van der Waals surface area contributed by atoms with Crippen molar-refractivity contribution in [1.29, 1.82) is 0 Å². The zero-order valence-corrected chi connectivity index (χ0v) is 12.1. The van der Waals surface area contributed by atoms with Crippen molar-refractivity contribution in [2.75, 3.05) is 5.32 Å². The molecule has 21 heavy (non-hydrogen) atoms.